The molecule has 2 aliphatic rings. The van der Waals surface area contributed by atoms with Crippen LogP contribution in [-0.2, 0) is 11.0 Å². The number of carbonyl (C=O) groups is 1. The van der Waals surface area contributed by atoms with Crippen LogP contribution in [0.5, 0.6) is 0 Å². The van der Waals surface area contributed by atoms with E-state index in [9.17, 15) is 18.0 Å². The lowest BCUT2D eigenvalue weighted by Gasteiger charge is -2.33. The molecule has 1 aromatic carbocycles. The van der Waals surface area contributed by atoms with E-state index in [1.165, 1.54) is 12.1 Å². The SMILES string of the molecule is N#Cc1ccc(N2CCC[C@H]2C(=O)N2CCSCC2)cc1C(F)(F)F. The quantitative estimate of drug-likeness (QED) is 0.804. The summed E-state index contributed by atoms with van der Waals surface area (Å²) in [6.07, 6.45) is -3.19. The Hall–Kier alpha value is -1.88. The Morgan fingerprint density at radius 2 is 1.96 bits per heavy atom. The first-order valence-corrected chi connectivity index (χ1v) is 9.32. The molecule has 2 fully saturated rings. The fourth-order valence-electron chi connectivity index (χ4n) is 3.37. The van der Waals surface area contributed by atoms with E-state index in [2.05, 4.69) is 0 Å². The van der Waals surface area contributed by atoms with Gasteiger partial charge in [-0.25, -0.2) is 0 Å². The minimum Gasteiger partial charge on any atom is -0.360 e. The van der Waals surface area contributed by atoms with Gasteiger partial charge in [-0.3, -0.25) is 4.79 Å². The van der Waals surface area contributed by atoms with Crippen LogP contribution in [0.3, 0.4) is 0 Å². The topological polar surface area (TPSA) is 47.3 Å². The van der Waals surface area contributed by atoms with Crippen molar-refractivity contribution in [2.75, 3.05) is 36.0 Å². The molecule has 2 aliphatic heterocycles. The monoisotopic (exact) mass is 369 g/mol. The summed E-state index contributed by atoms with van der Waals surface area (Å²) >= 11 is 1.80. The summed E-state index contributed by atoms with van der Waals surface area (Å²) in [5, 5.41) is 8.92. The minimum absolute atomic E-state index is 0.00396. The Morgan fingerprint density at radius 1 is 1.24 bits per heavy atom. The predicted molar refractivity (Wildman–Crippen MR) is 90.4 cm³/mol. The standard InChI is InChI=1S/C17H18F3N3OS/c18-17(19,20)14-10-13(4-3-12(14)11-21)23-5-1-2-15(23)16(24)22-6-8-25-9-7-22/h3-4,10,15H,1-2,5-9H2/t15-/m0/s1. The maximum absolute atomic E-state index is 13.2. The second kappa shape index (κ2) is 7.16. The predicted octanol–water partition coefficient (Wildman–Crippen LogP) is 3.12. The maximum Gasteiger partial charge on any atom is 0.417 e. The first kappa shape index (κ1) is 17.9. The summed E-state index contributed by atoms with van der Waals surface area (Å²) in [6.45, 7) is 1.92. The van der Waals surface area contributed by atoms with Crippen LogP contribution in [0.25, 0.3) is 0 Å². The number of anilines is 1. The van der Waals surface area contributed by atoms with Gasteiger partial charge < -0.3 is 9.80 Å². The minimum atomic E-state index is -4.59. The molecule has 0 unspecified atom stereocenters. The van der Waals surface area contributed by atoms with E-state index < -0.39 is 23.3 Å². The Kier molecular flexibility index (Phi) is 5.13. The van der Waals surface area contributed by atoms with Gasteiger partial charge in [0.1, 0.15) is 6.04 Å². The Morgan fingerprint density at radius 3 is 2.60 bits per heavy atom. The summed E-state index contributed by atoms with van der Waals surface area (Å²) in [4.78, 5) is 16.4. The summed E-state index contributed by atoms with van der Waals surface area (Å²) in [5.74, 6) is 1.79. The molecule has 2 heterocycles. The molecule has 1 aromatic rings. The number of alkyl halides is 3. The molecule has 4 nitrogen and oxygen atoms in total. The van der Waals surface area contributed by atoms with Crippen LogP contribution < -0.4 is 4.90 Å². The van der Waals surface area contributed by atoms with E-state index in [0.29, 0.717) is 31.7 Å². The maximum atomic E-state index is 13.2. The molecule has 0 spiro atoms. The Balaban J connectivity index is 1.87. The number of thioether (sulfide) groups is 1. The van der Waals surface area contributed by atoms with Gasteiger partial charge in [-0.15, -0.1) is 0 Å². The molecule has 0 radical (unpaired) electrons. The number of nitriles is 1. The lowest BCUT2D eigenvalue weighted by Crippen LogP contribution is -2.48. The second-order valence-corrected chi connectivity index (χ2v) is 7.35. The van der Waals surface area contributed by atoms with Crippen LogP contribution in [0, 0.1) is 11.3 Å². The van der Waals surface area contributed by atoms with E-state index in [-0.39, 0.29) is 5.91 Å². The van der Waals surface area contributed by atoms with Gasteiger partial charge in [-0.1, -0.05) is 0 Å². The van der Waals surface area contributed by atoms with Crippen molar-refractivity contribution in [1.82, 2.24) is 4.90 Å². The van der Waals surface area contributed by atoms with E-state index in [4.69, 9.17) is 5.26 Å². The zero-order valence-electron chi connectivity index (χ0n) is 13.6. The third-order valence-corrected chi connectivity index (χ3v) is 5.56. The van der Waals surface area contributed by atoms with Crippen molar-refractivity contribution in [2.24, 2.45) is 0 Å². The summed E-state index contributed by atoms with van der Waals surface area (Å²) in [7, 11) is 0. The van der Waals surface area contributed by atoms with Crippen molar-refractivity contribution < 1.29 is 18.0 Å². The Labute approximate surface area is 148 Å². The number of amides is 1. The fraction of sp³-hybridized carbons (Fsp3) is 0.529. The highest BCUT2D eigenvalue weighted by molar-refractivity contribution is 7.99. The van der Waals surface area contributed by atoms with Crippen molar-refractivity contribution in [3.05, 3.63) is 29.3 Å². The number of nitrogens with zero attached hydrogens (tertiary/aromatic N) is 3. The molecule has 1 amide bonds. The molecule has 0 aliphatic carbocycles. The molecule has 0 bridgehead atoms. The smallest absolute Gasteiger partial charge is 0.360 e. The van der Waals surface area contributed by atoms with E-state index in [1.807, 2.05) is 4.90 Å². The number of rotatable bonds is 2. The summed E-state index contributed by atoms with van der Waals surface area (Å²) < 4.78 is 39.6. The lowest BCUT2D eigenvalue weighted by molar-refractivity contribution is -0.137. The average molecular weight is 369 g/mol. The van der Waals surface area contributed by atoms with E-state index in [0.717, 1.165) is 24.0 Å². The van der Waals surface area contributed by atoms with Crippen LogP contribution in [0.2, 0.25) is 0 Å². The highest BCUT2D eigenvalue weighted by Gasteiger charge is 2.37. The number of hydrogen-bond acceptors (Lipinski definition) is 4. The van der Waals surface area contributed by atoms with E-state index >= 15 is 0 Å². The molecular weight excluding hydrogens is 351 g/mol. The van der Waals surface area contributed by atoms with Crippen LogP contribution in [-0.4, -0.2) is 48.0 Å². The molecule has 0 N–H and O–H groups in total. The van der Waals surface area contributed by atoms with Gasteiger partial charge in [-0.2, -0.15) is 30.2 Å². The van der Waals surface area contributed by atoms with Crippen molar-refractivity contribution in [3.63, 3.8) is 0 Å². The van der Waals surface area contributed by atoms with Gasteiger partial charge in [0.25, 0.3) is 0 Å². The van der Waals surface area contributed by atoms with Gasteiger partial charge >= 0.3 is 6.18 Å². The molecule has 1 atom stereocenters. The lowest BCUT2D eigenvalue weighted by atomic mass is 10.1. The summed E-state index contributed by atoms with van der Waals surface area (Å²) in [6, 6.07) is 4.86. The molecule has 2 saturated heterocycles. The molecule has 0 saturated carbocycles. The van der Waals surface area contributed by atoms with Gasteiger partial charge in [-0.05, 0) is 31.0 Å². The van der Waals surface area contributed by atoms with Crippen molar-refractivity contribution in [3.8, 4) is 6.07 Å². The Bertz CT molecular complexity index is 695. The normalized spacial score (nSPS) is 21.3. The molecular formula is C17H18F3N3OS. The van der Waals surface area contributed by atoms with Crippen LogP contribution >= 0.6 is 11.8 Å². The molecule has 3 rings (SSSR count). The number of hydrogen-bond donors (Lipinski definition) is 0. The summed E-state index contributed by atoms with van der Waals surface area (Å²) in [5.41, 5.74) is -0.986. The number of carbonyl (C=O) groups excluding carboxylic acids is 1. The van der Waals surface area contributed by atoms with Crippen molar-refractivity contribution >= 4 is 23.4 Å². The zero-order valence-corrected chi connectivity index (χ0v) is 14.4. The van der Waals surface area contributed by atoms with Gasteiger partial charge in [0.2, 0.25) is 5.91 Å². The molecule has 25 heavy (non-hydrogen) atoms. The number of halogens is 3. The third kappa shape index (κ3) is 3.71. The number of benzene rings is 1. The van der Waals surface area contributed by atoms with Crippen molar-refractivity contribution in [2.45, 2.75) is 25.1 Å². The molecule has 134 valence electrons. The van der Waals surface area contributed by atoms with E-state index in [1.54, 1.807) is 22.7 Å². The van der Waals surface area contributed by atoms with Crippen LogP contribution in [0.4, 0.5) is 18.9 Å². The van der Waals surface area contributed by atoms with Crippen LogP contribution in [0.15, 0.2) is 18.2 Å². The first-order chi connectivity index (χ1) is 11.9. The van der Waals surface area contributed by atoms with Gasteiger partial charge in [0, 0.05) is 36.8 Å². The van der Waals surface area contributed by atoms with Crippen molar-refractivity contribution in [1.29, 1.82) is 5.26 Å². The first-order valence-electron chi connectivity index (χ1n) is 8.16. The highest BCUT2D eigenvalue weighted by atomic mass is 32.2. The van der Waals surface area contributed by atoms with Gasteiger partial charge in [0.15, 0.2) is 0 Å². The molecule has 0 aromatic heterocycles. The average Bonchev–Trinajstić information content (AvgIpc) is 3.10. The third-order valence-electron chi connectivity index (χ3n) is 4.62. The zero-order chi connectivity index (χ0) is 18.0. The highest BCUT2D eigenvalue weighted by Crippen LogP contribution is 2.36. The van der Waals surface area contributed by atoms with Crippen LogP contribution in [0.1, 0.15) is 24.0 Å². The fourth-order valence-corrected chi connectivity index (χ4v) is 4.27. The largest absolute Gasteiger partial charge is 0.417 e. The second-order valence-electron chi connectivity index (χ2n) is 6.13. The molecule has 8 heteroatoms. The van der Waals surface area contributed by atoms with Gasteiger partial charge in [0.05, 0.1) is 17.2 Å².